The predicted molar refractivity (Wildman–Crippen MR) is 66.8 cm³/mol. The summed E-state index contributed by atoms with van der Waals surface area (Å²) in [4.78, 5) is 8.15. The number of hydrogen-bond donors (Lipinski definition) is 1. The Labute approximate surface area is 105 Å². The highest BCUT2D eigenvalue weighted by molar-refractivity contribution is 5.45. The molecule has 0 bridgehead atoms. The highest BCUT2D eigenvalue weighted by Gasteiger charge is 2.01. The summed E-state index contributed by atoms with van der Waals surface area (Å²) in [5, 5.41) is 8.69. The molecule has 0 aliphatic rings. The summed E-state index contributed by atoms with van der Waals surface area (Å²) >= 11 is 0. The first kappa shape index (κ1) is 12.1. The molecule has 0 saturated carbocycles. The van der Waals surface area contributed by atoms with Crippen molar-refractivity contribution in [2.45, 2.75) is 6.61 Å². The van der Waals surface area contributed by atoms with E-state index >= 15 is 0 Å². The fraction of sp³-hybridized carbons (Fsp3) is 0.143. The maximum absolute atomic E-state index is 8.69. The van der Waals surface area contributed by atoms with Gasteiger partial charge in [-0.2, -0.15) is 0 Å². The van der Waals surface area contributed by atoms with Crippen molar-refractivity contribution in [2.24, 2.45) is 0 Å². The molecule has 1 heterocycles. The zero-order valence-electron chi connectivity index (χ0n) is 9.71. The molecule has 0 aliphatic heterocycles. The number of rotatable bonds is 3. The molecule has 0 unspecified atom stereocenters. The molecule has 2 rings (SSSR count). The first-order chi connectivity index (χ1) is 8.90. The van der Waals surface area contributed by atoms with Crippen LogP contribution < -0.4 is 4.74 Å². The lowest BCUT2D eigenvalue weighted by Gasteiger charge is -2.06. The standard InChI is InChI=1S/C14H12N2O2/c17-10-3-6-12-5-1-2-7-13(12)18-11-14-15-8-4-9-16-14/h1-2,4-5,7-9,17H,10-11H2. The molecule has 0 amide bonds. The first-order valence-corrected chi connectivity index (χ1v) is 5.47. The van der Waals surface area contributed by atoms with Crippen molar-refractivity contribution in [3.8, 4) is 17.6 Å². The summed E-state index contributed by atoms with van der Waals surface area (Å²) in [5.74, 6) is 6.70. The van der Waals surface area contributed by atoms with Crippen LogP contribution in [-0.4, -0.2) is 21.7 Å². The number of hydrogen-bond acceptors (Lipinski definition) is 4. The van der Waals surface area contributed by atoms with Crippen molar-refractivity contribution in [3.05, 3.63) is 54.1 Å². The fourth-order valence-electron chi connectivity index (χ4n) is 1.38. The number of ether oxygens (including phenoxy) is 1. The van der Waals surface area contributed by atoms with Crippen LogP contribution in [0, 0.1) is 11.8 Å². The summed E-state index contributed by atoms with van der Waals surface area (Å²) in [7, 11) is 0. The highest BCUT2D eigenvalue weighted by Crippen LogP contribution is 2.17. The largest absolute Gasteiger partial charge is 0.484 e. The van der Waals surface area contributed by atoms with E-state index in [0.717, 1.165) is 5.56 Å². The molecule has 1 N–H and O–H groups in total. The lowest BCUT2D eigenvalue weighted by molar-refractivity contribution is 0.295. The molecular formula is C14H12N2O2. The normalized spacial score (nSPS) is 9.39. The highest BCUT2D eigenvalue weighted by atomic mass is 16.5. The SMILES string of the molecule is OCC#Cc1ccccc1OCc1ncccn1. The summed E-state index contributed by atoms with van der Waals surface area (Å²) in [6.45, 7) is 0.120. The van der Waals surface area contributed by atoms with Gasteiger partial charge in [0.25, 0.3) is 0 Å². The second-order valence-electron chi connectivity index (χ2n) is 3.41. The second kappa shape index (κ2) is 6.38. The van der Waals surface area contributed by atoms with Crippen LogP contribution in [0.4, 0.5) is 0 Å². The molecule has 0 atom stereocenters. The Kier molecular flexibility index (Phi) is 4.28. The third-order valence-electron chi connectivity index (χ3n) is 2.17. The zero-order valence-corrected chi connectivity index (χ0v) is 9.71. The van der Waals surface area contributed by atoms with Crippen molar-refractivity contribution in [2.75, 3.05) is 6.61 Å². The van der Waals surface area contributed by atoms with Crippen molar-refractivity contribution in [1.82, 2.24) is 9.97 Å². The van der Waals surface area contributed by atoms with Gasteiger partial charge in [0.15, 0.2) is 5.82 Å². The van der Waals surface area contributed by atoms with Gasteiger partial charge in [-0.25, -0.2) is 9.97 Å². The second-order valence-corrected chi connectivity index (χ2v) is 3.41. The van der Waals surface area contributed by atoms with Gasteiger partial charge in [-0.15, -0.1) is 0 Å². The molecule has 90 valence electrons. The van der Waals surface area contributed by atoms with Crippen molar-refractivity contribution < 1.29 is 9.84 Å². The van der Waals surface area contributed by atoms with E-state index in [1.165, 1.54) is 0 Å². The number of para-hydroxylation sites is 1. The molecule has 18 heavy (non-hydrogen) atoms. The lowest BCUT2D eigenvalue weighted by atomic mass is 10.2. The monoisotopic (exact) mass is 240 g/mol. The minimum Gasteiger partial charge on any atom is -0.484 e. The van der Waals surface area contributed by atoms with Gasteiger partial charge in [0.1, 0.15) is 19.0 Å². The molecule has 0 fully saturated rings. The van der Waals surface area contributed by atoms with Gasteiger partial charge in [0.05, 0.1) is 5.56 Å². The summed E-state index contributed by atoms with van der Waals surface area (Å²) < 4.78 is 5.61. The molecule has 0 aliphatic carbocycles. The zero-order chi connectivity index (χ0) is 12.6. The Bertz CT molecular complexity index is 559. The van der Waals surface area contributed by atoms with Crippen LogP contribution in [0.15, 0.2) is 42.7 Å². The molecule has 1 aromatic carbocycles. The summed E-state index contributed by atoms with van der Waals surface area (Å²) in [6, 6.07) is 9.15. The van der Waals surface area contributed by atoms with E-state index < -0.39 is 0 Å². The number of aliphatic hydroxyl groups excluding tert-OH is 1. The van der Waals surface area contributed by atoms with Crippen LogP contribution in [0.3, 0.4) is 0 Å². The molecule has 0 saturated heterocycles. The van der Waals surface area contributed by atoms with Crippen LogP contribution in [0.5, 0.6) is 5.75 Å². The predicted octanol–water partition coefficient (Wildman–Crippen LogP) is 1.40. The fourth-order valence-corrected chi connectivity index (χ4v) is 1.38. The van der Waals surface area contributed by atoms with Crippen LogP contribution in [0.25, 0.3) is 0 Å². The van der Waals surface area contributed by atoms with Gasteiger partial charge in [0.2, 0.25) is 0 Å². The topological polar surface area (TPSA) is 55.2 Å². The van der Waals surface area contributed by atoms with Crippen LogP contribution in [-0.2, 0) is 6.61 Å². The Balaban J connectivity index is 2.09. The average molecular weight is 240 g/mol. The maximum Gasteiger partial charge on any atom is 0.166 e. The third-order valence-corrected chi connectivity index (χ3v) is 2.17. The maximum atomic E-state index is 8.69. The van der Waals surface area contributed by atoms with Gasteiger partial charge < -0.3 is 9.84 Å². The van der Waals surface area contributed by atoms with E-state index in [1.807, 2.05) is 24.3 Å². The van der Waals surface area contributed by atoms with Gasteiger partial charge in [-0.3, -0.25) is 0 Å². The van der Waals surface area contributed by atoms with Crippen molar-refractivity contribution in [3.63, 3.8) is 0 Å². The third kappa shape index (κ3) is 3.30. The van der Waals surface area contributed by atoms with Crippen LogP contribution in [0.2, 0.25) is 0 Å². The Morgan fingerprint density at radius 3 is 2.67 bits per heavy atom. The summed E-state index contributed by atoms with van der Waals surface area (Å²) in [5.41, 5.74) is 0.738. The van der Waals surface area contributed by atoms with Gasteiger partial charge >= 0.3 is 0 Å². The number of nitrogens with zero attached hydrogens (tertiary/aromatic N) is 2. The van der Waals surface area contributed by atoms with Crippen molar-refractivity contribution in [1.29, 1.82) is 0 Å². The minimum absolute atomic E-state index is 0.171. The minimum atomic E-state index is -0.171. The van der Waals surface area contributed by atoms with E-state index in [1.54, 1.807) is 18.5 Å². The van der Waals surface area contributed by atoms with Crippen LogP contribution in [0.1, 0.15) is 11.4 Å². The molecule has 2 aromatic rings. The molecule has 4 heteroatoms. The molecule has 0 radical (unpaired) electrons. The van der Waals surface area contributed by atoms with Gasteiger partial charge in [-0.1, -0.05) is 24.0 Å². The van der Waals surface area contributed by atoms with E-state index in [2.05, 4.69) is 21.8 Å². The molecule has 0 spiro atoms. The van der Waals surface area contributed by atoms with E-state index in [-0.39, 0.29) is 6.61 Å². The van der Waals surface area contributed by atoms with E-state index in [0.29, 0.717) is 18.2 Å². The lowest BCUT2D eigenvalue weighted by Crippen LogP contribution is -2.01. The van der Waals surface area contributed by atoms with Gasteiger partial charge in [-0.05, 0) is 18.2 Å². The average Bonchev–Trinajstić information content (AvgIpc) is 2.45. The van der Waals surface area contributed by atoms with Gasteiger partial charge in [0, 0.05) is 12.4 Å². The quantitative estimate of drug-likeness (QED) is 0.824. The number of aromatic nitrogens is 2. The summed E-state index contributed by atoms with van der Waals surface area (Å²) in [6.07, 6.45) is 3.34. The smallest absolute Gasteiger partial charge is 0.166 e. The van der Waals surface area contributed by atoms with E-state index in [9.17, 15) is 0 Å². The Morgan fingerprint density at radius 1 is 1.11 bits per heavy atom. The Hall–Kier alpha value is -2.38. The first-order valence-electron chi connectivity index (χ1n) is 5.47. The number of benzene rings is 1. The van der Waals surface area contributed by atoms with Crippen LogP contribution >= 0.6 is 0 Å². The van der Waals surface area contributed by atoms with E-state index in [4.69, 9.17) is 9.84 Å². The molecule has 4 nitrogen and oxygen atoms in total. The van der Waals surface area contributed by atoms with Crippen molar-refractivity contribution >= 4 is 0 Å². The number of aliphatic hydroxyl groups is 1. The molecule has 1 aromatic heterocycles. The molecular weight excluding hydrogens is 228 g/mol. The Morgan fingerprint density at radius 2 is 1.89 bits per heavy atom.